The number of imidazole rings is 1. The van der Waals surface area contributed by atoms with Gasteiger partial charge in [0.05, 0.1) is 29.6 Å². The molecule has 7 nitrogen and oxygen atoms in total. The smallest absolute Gasteiger partial charge is 0.214 e. The molecule has 30 heavy (non-hydrogen) atoms. The predicted octanol–water partition coefficient (Wildman–Crippen LogP) is 4.30. The van der Waals surface area contributed by atoms with Crippen molar-refractivity contribution in [3.63, 3.8) is 0 Å². The van der Waals surface area contributed by atoms with Gasteiger partial charge in [-0.1, -0.05) is 42.1 Å². The summed E-state index contributed by atoms with van der Waals surface area (Å²) in [5.74, 6) is 2.36. The van der Waals surface area contributed by atoms with Crippen LogP contribution in [0.5, 0.6) is 5.75 Å². The van der Waals surface area contributed by atoms with Gasteiger partial charge in [0.1, 0.15) is 11.6 Å². The lowest BCUT2D eigenvalue weighted by atomic mass is 10.2. The number of rotatable bonds is 6. The van der Waals surface area contributed by atoms with Crippen molar-refractivity contribution >= 4 is 22.8 Å². The molecule has 5 aromatic rings. The summed E-state index contributed by atoms with van der Waals surface area (Å²) >= 11 is 1.55. The highest BCUT2D eigenvalue weighted by Crippen LogP contribution is 2.28. The second-order valence-corrected chi connectivity index (χ2v) is 7.49. The Morgan fingerprint density at radius 3 is 2.43 bits per heavy atom. The number of ether oxygens (including phenoxy) is 1. The molecule has 0 aliphatic carbocycles. The molecule has 0 spiro atoms. The maximum absolute atomic E-state index is 5.30. The van der Waals surface area contributed by atoms with Crippen molar-refractivity contribution in [3.8, 4) is 17.1 Å². The second kappa shape index (κ2) is 8.00. The number of methoxy groups -OCH3 is 1. The van der Waals surface area contributed by atoms with Crippen molar-refractivity contribution in [1.29, 1.82) is 0 Å². The van der Waals surface area contributed by atoms with Crippen molar-refractivity contribution in [2.24, 2.45) is 0 Å². The van der Waals surface area contributed by atoms with Crippen LogP contribution in [0, 0.1) is 0 Å². The van der Waals surface area contributed by atoms with E-state index in [4.69, 9.17) is 9.72 Å². The van der Waals surface area contributed by atoms with Gasteiger partial charge in [-0.2, -0.15) is 4.68 Å². The first-order valence-electron chi connectivity index (χ1n) is 9.41. The molecule has 0 atom stereocenters. The standard InChI is InChI=1S/C22H18N6OS/c1-29-18-13-11-16(12-14-18)27-20-10-6-5-9-19(20)23-21(27)15-30-22-24-25-26-28(22)17-7-3-2-4-8-17/h2-14H,15H2,1H3. The lowest BCUT2D eigenvalue weighted by Gasteiger charge is -2.10. The minimum Gasteiger partial charge on any atom is -0.497 e. The van der Waals surface area contributed by atoms with Gasteiger partial charge in [-0.15, -0.1) is 5.10 Å². The van der Waals surface area contributed by atoms with Crippen LogP contribution in [0.3, 0.4) is 0 Å². The average Bonchev–Trinajstić information content (AvgIpc) is 3.42. The van der Waals surface area contributed by atoms with Gasteiger partial charge in [0, 0.05) is 5.69 Å². The maximum atomic E-state index is 5.30. The Bertz CT molecular complexity index is 1280. The molecule has 3 aromatic carbocycles. The SMILES string of the molecule is COc1ccc(-n2c(CSc3nnnn3-c3ccccc3)nc3ccccc32)cc1. The summed E-state index contributed by atoms with van der Waals surface area (Å²) in [6.07, 6.45) is 0. The third-order valence-electron chi connectivity index (χ3n) is 4.73. The largest absolute Gasteiger partial charge is 0.497 e. The summed E-state index contributed by atoms with van der Waals surface area (Å²) in [6.45, 7) is 0. The van der Waals surface area contributed by atoms with Crippen LogP contribution in [0.1, 0.15) is 5.82 Å². The zero-order chi connectivity index (χ0) is 20.3. The van der Waals surface area contributed by atoms with Crippen molar-refractivity contribution in [1.82, 2.24) is 29.8 Å². The molecule has 0 aliphatic heterocycles. The van der Waals surface area contributed by atoms with Crippen LogP contribution >= 0.6 is 11.8 Å². The number of hydrogen-bond acceptors (Lipinski definition) is 6. The first-order chi connectivity index (χ1) is 14.8. The third-order valence-corrected chi connectivity index (χ3v) is 5.65. The molecule has 0 fully saturated rings. The van der Waals surface area contributed by atoms with Crippen LogP contribution < -0.4 is 4.74 Å². The van der Waals surface area contributed by atoms with Gasteiger partial charge >= 0.3 is 0 Å². The fraction of sp³-hybridized carbons (Fsp3) is 0.0909. The lowest BCUT2D eigenvalue weighted by molar-refractivity contribution is 0.414. The third kappa shape index (κ3) is 3.42. The van der Waals surface area contributed by atoms with Gasteiger partial charge in [0.25, 0.3) is 0 Å². The normalized spacial score (nSPS) is 11.1. The number of fused-ring (bicyclic) bond motifs is 1. The van der Waals surface area contributed by atoms with Gasteiger partial charge in [-0.3, -0.25) is 4.57 Å². The Morgan fingerprint density at radius 1 is 0.867 bits per heavy atom. The van der Waals surface area contributed by atoms with E-state index >= 15 is 0 Å². The quantitative estimate of drug-likeness (QED) is 0.386. The second-order valence-electron chi connectivity index (χ2n) is 6.55. The van der Waals surface area contributed by atoms with E-state index in [2.05, 4.69) is 26.2 Å². The van der Waals surface area contributed by atoms with Crippen LogP contribution in [0.2, 0.25) is 0 Å². The maximum Gasteiger partial charge on any atom is 0.214 e. The van der Waals surface area contributed by atoms with Crippen LogP contribution in [0.15, 0.2) is 84.0 Å². The molecule has 2 aromatic heterocycles. The topological polar surface area (TPSA) is 70.7 Å². The van der Waals surface area contributed by atoms with Crippen LogP contribution in [-0.4, -0.2) is 36.9 Å². The number of tetrazole rings is 1. The molecular formula is C22H18N6OS. The van der Waals surface area contributed by atoms with E-state index in [-0.39, 0.29) is 0 Å². The van der Waals surface area contributed by atoms with E-state index in [0.717, 1.165) is 39.1 Å². The molecule has 0 bridgehead atoms. The van der Waals surface area contributed by atoms with E-state index in [1.807, 2.05) is 72.8 Å². The Hall–Kier alpha value is -3.65. The van der Waals surface area contributed by atoms with Gasteiger partial charge in [-0.05, 0) is 59.0 Å². The molecule has 5 rings (SSSR count). The molecule has 0 saturated heterocycles. The van der Waals surface area contributed by atoms with E-state index in [0.29, 0.717) is 5.75 Å². The number of aromatic nitrogens is 6. The van der Waals surface area contributed by atoms with E-state index in [1.165, 1.54) is 0 Å². The summed E-state index contributed by atoms with van der Waals surface area (Å²) in [5.41, 5.74) is 3.96. The fourth-order valence-electron chi connectivity index (χ4n) is 3.32. The minimum atomic E-state index is 0.619. The summed E-state index contributed by atoms with van der Waals surface area (Å²) in [6, 6.07) is 26.0. The Kier molecular flexibility index (Phi) is 4.90. The van der Waals surface area contributed by atoms with Gasteiger partial charge in [-0.25, -0.2) is 4.98 Å². The first-order valence-corrected chi connectivity index (χ1v) is 10.4. The van der Waals surface area contributed by atoms with Gasteiger partial charge in [0.15, 0.2) is 0 Å². The number of nitrogens with zero attached hydrogens (tertiary/aromatic N) is 6. The molecule has 148 valence electrons. The van der Waals surface area contributed by atoms with Crippen LogP contribution in [0.4, 0.5) is 0 Å². The molecule has 0 saturated carbocycles. The molecule has 2 heterocycles. The number of benzene rings is 3. The summed E-state index contributed by atoms with van der Waals surface area (Å²) in [4.78, 5) is 4.87. The number of para-hydroxylation sites is 3. The summed E-state index contributed by atoms with van der Waals surface area (Å²) < 4.78 is 9.21. The average molecular weight is 414 g/mol. The minimum absolute atomic E-state index is 0.619. The van der Waals surface area contributed by atoms with Crippen molar-refractivity contribution in [2.45, 2.75) is 10.9 Å². The van der Waals surface area contributed by atoms with Crippen LogP contribution in [0.25, 0.3) is 22.4 Å². The van der Waals surface area contributed by atoms with E-state index in [1.54, 1.807) is 23.6 Å². The van der Waals surface area contributed by atoms with Gasteiger partial charge in [0.2, 0.25) is 5.16 Å². The first kappa shape index (κ1) is 18.4. The lowest BCUT2D eigenvalue weighted by Crippen LogP contribution is -2.02. The highest BCUT2D eigenvalue weighted by atomic mass is 32.2. The van der Waals surface area contributed by atoms with Crippen molar-refractivity contribution in [3.05, 3.63) is 84.7 Å². The van der Waals surface area contributed by atoms with Crippen LogP contribution in [-0.2, 0) is 5.75 Å². The number of thioether (sulfide) groups is 1. The summed E-state index contributed by atoms with van der Waals surface area (Å²) in [7, 11) is 1.67. The van der Waals surface area contributed by atoms with E-state index < -0.39 is 0 Å². The molecule has 0 amide bonds. The Morgan fingerprint density at radius 2 is 1.63 bits per heavy atom. The fourth-order valence-corrected chi connectivity index (χ4v) is 4.13. The molecule has 0 N–H and O–H groups in total. The van der Waals surface area contributed by atoms with E-state index in [9.17, 15) is 0 Å². The van der Waals surface area contributed by atoms with Crippen molar-refractivity contribution < 1.29 is 4.74 Å². The Balaban J connectivity index is 1.50. The highest BCUT2D eigenvalue weighted by molar-refractivity contribution is 7.98. The zero-order valence-electron chi connectivity index (χ0n) is 16.2. The highest BCUT2D eigenvalue weighted by Gasteiger charge is 2.15. The molecule has 0 aliphatic rings. The van der Waals surface area contributed by atoms with Crippen molar-refractivity contribution in [2.75, 3.05) is 7.11 Å². The molecular weight excluding hydrogens is 396 g/mol. The zero-order valence-corrected chi connectivity index (χ0v) is 17.0. The number of hydrogen-bond donors (Lipinski definition) is 0. The Labute approximate surface area is 177 Å². The van der Waals surface area contributed by atoms with Gasteiger partial charge < -0.3 is 4.74 Å². The monoisotopic (exact) mass is 414 g/mol. The molecule has 8 heteroatoms. The predicted molar refractivity (Wildman–Crippen MR) is 116 cm³/mol. The molecule has 0 unspecified atom stereocenters. The summed E-state index contributed by atoms with van der Waals surface area (Å²) in [5, 5.41) is 12.9. The molecule has 0 radical (unpaired) electrons.